The van der Waals surface area contributed by atoms with E-state index in [4.69, 9.17) is 0 Å². The van der Waals surface area contributed by atoms with E-state index in [1.54, 1.807) is 16.4 Å². The van der Waals surface area contributed by atoms with E-state index in [1.807, 2.05) is 43.3 Å². The summed E-state index contributed by atoms with van der Waals surface area (Å²) in [7, 11) is -2.94. The Bertz CT molecular complexity index is 1340. The van der Waals surface area contributed by atoms with E-state index in [0.717, 1.165) is 43.4 Å². The predicted molar refractivity (Wildman–Crippen MR) is 173 cm³/mol. The van der Waals surface area contributed by atoms with Crippen LogP contribution in [0, 0.1) is 0 Å². The van der Waals surface area contributed by atoms with Gasteiger partial charge in [-0.3, -0.25) is 18.2 Å². The minimum Gasteiger partial charge on any atom is -0.390 e. The average Bonchev–Trinajstić information content (AvgIpc) is 2.99. The van der Waals surface area contributed by atoms with Gasteiger partial charge in [-0.25, -0.2) is 0 Å². The Kier molecular flexibility index (Phi) is 10.1. The number of nitrogens with one attached hydrogen (secondary N) is 3. The van der Waals surface area contributed by atoms with Crippen molar-refractivity contribution in [3.8, 4) is 0 Å². The van der Waals surface area contributed by atoms with Crippen molar-refractivity contribution in [2.75, 3.05) is 35.0 Å². The van der Waals surface area contributed by atoms with Crippen LogP contribution < -0.4 is 20.3 Å². The third kappa shape index (κ3) is 7.65. The van der Waals surface area contributed by atoms with Gasteiger partial charge in [0.05, 0.1) is 23.6 Å². The highest BCUT2D eigenvalue weighted by atomic mass is 32.3. The first-order valence-corrected chi connectivity index (χ1v) is 16.7. The summed E-state index contributed by atoms with van der Waals surface area (Å²) in [4.78, 5) is 13.7. The molecule has 1 fully saturated rings. The van der Waals surface area contributed by atoms with Crippen LogP contribution in [0.4, 0.5) is 11.4 Å². The van der Waals surface area contributed by atoms with Crippen LogP contribution in [0.3, 0.4) is 0 Å². The van der Waals surface area contributed by atoms with Crippen molar-refractivity contribution in [3.05, 3.63) is 95.1 Å². The van der Waals surface area contributed by atoms with Gasteiger partial charge in [-0.2, -0.15) is 0 Å². The number of aryl methyl sites for hydroxylation is 1. The van der Waals surface area contributed by atoms with Crippen LogP contribution in [0.5, 0.6) is 0 Å². The van der Waals surface area contributed by atoms with Gasteiger partial charge in [0.2, 0.25) is 0 Å². The first-order chi connectivity index (χ1) is 20.3. The number of fused-ring (bicyclic) bond motifs is 1. The molecule has 1 unspecified atom stereocenters. The lowest BCUT2D eigenvalue weighted by Gasteiger charge is -2.47. The summed E-state index contributed by atoms with van der Waals surface area (Å²) in [6.07, 6.45) is 4.24. The van der Waals surface area contributed by atoms with Crippen molar-refractivity contribution in [1.29, 1.82) is 0 Å². The monoisotopic (exact) mass is 592 g/mol. The number of rotatable bonds is 11. The van der Waals surface area contributed by atoms with E-state index in [2.05, 4.69) is 40.2 Å². The summed E-state index contributed by atoms with van der Waals surface area (Å²) >= 11 is 0. The van der Waals surface area contributed by atoms with Crippen molar-refractivity contribution < 1.29 is 19.0 Å². The van der Waals surface area contributed by atoms with Crippen molar-refractivity contribution in [3.63, 3.8) is 0 Å². The van der Waals surface area contributed by atoms with Gasteiger partial charge in [-0.1, -0.05) is 54.6 Å². The zero-order valence-corrected chi connectivity index (χ0v) is 25.2. The second kappa shape index (κ2) is 13.9. The van der Waals surface area contributed by atoms with Gasteiger partial charge in [-0.05, 0) is 80.3 Å². The maximum atomic E-state index is 13.7. The van der Waals surface area contributed by atoms with Crippen molar-refractivity contribution >= 4 is 28.1 Å². The SMILES string of the molecule is CCNc1cc(C(=O)N[C@@H](Cc2ccccc2)[C@H](O)CNC2CCc3ccccc3C2)cc(N2CCCCS2(O)O)c1. The molecule has 2 aliphatic rings. The molecule has 3 atom stereocenters. The van der Waals surface area contributed by atoms with Gasteiger partial charge in [0, 0.05) is 36.9 Å². The normalized spacial score (nSPS) is 20.2. The average molecular weight is 593 g/mol. The van der Waals surface area contributed by atoms with Crippen LogP contribution in [0.2, 0.25) is 0 Å². The van der Waals surface area contributed by atoms with Crippen LogP contribution in [0.1, 0.15) is 53.2 Å². The molecular weight excluding hydrogens is 548 g/mol. The summed E-state index contributed by atoms with van der Waals surface area (Å²) in [6.45, 7) is 3.52. The van der Waals surface area contributed by atoms with Crippen LogP contribution in [-0.4, -0.2) is 63.7 Å². The number of hydrogen-bond acceptors (Lipinski definition) is 7. The number of benzene rings is 3. The Morgan fingerprint density at radius 1 is 1.02 bits per heavy atom. The maximum Gasteiger partial charge on any atom is 0.251 e. The molecule has 0 saturated carbocycles. The molecule has 0 aromatic heterocycles. The number of hydrogen-bond donors (Lipinski definition) is 6. The molecule has 1 heterocycles. The van der Waals surface area contributed by atoms with E-state index < -0.39 is 22.9 Å². The minimum atomic E-state index is -2.94. The summed E-state index contributed by atoms with van der Waals surface area (Å²) in [5.74, 6) is 0.0151. The number of aliphatic hydroxyl groups is 1. The fraction of sp³-hybridized carbons (Fsp3) is 0.424. The molecule has 6 N–H and O–H groups in total. The van der Waals surface area contributed by atoms with Crippen molar-refractivity contribution in [2.24, 2.45) is 0 Å². The van der Waals surface area contributed by atoms with E-state index >= 15 is 0 Å². The second-order valence-electron chi connectivity index (χ2n) is 11.4. The lowest BCUT2D eigenvalue weighted by molar-refractivity contribution is 0.0823. The third-order valence-corrected chi connectivity index (χ3v) is 10.2. The highest BCUT2D eigenvalue weighted by molar-refractivity contribution is 8.25. The summed E-state index contributed by atoms with van der Waals surface area (Å²) < 4.78 is 23.1. The van der Waals surface area contributed by atoms with E-state index in [1.165, 1.54) is 11.1 Å². The van der Waals surface area contributed by atoms with Gasteiger partial charge in [0.15, 0.2) is 0 Å². The summed E-state index contributed by atoms with van der Waals surface area (Å²) in [5, 5.41) is 21.3. The molecule has 3 aromatic rings. The Morgan fingerprint density at radius 3 is 2.55 bits per heavy atom. The van der Waals surface area contributed by atoms with Crippen LogP contribution >= 0.6 is 10.8 Å². The Morgan fingerprint density at radius 2 is 1.79 bits per heavy atom. The molecule has 3 aromatic carbocycles. The fourth-order valence-corrected chi connectivity index (χ4v) is 7.68. The molecule has 1 saturated heterocycles. The summed E-state index contributed by atoms with van der Waals surface area (Å²) in [6, 6.07) is 23.5. The molecule has 0 radical (unpaired) electrons. The lowest BCUT2D eigenvalue weighted by Crippen LogP contribution is -2.50. The van der Waals surface area contributed by atoms with Gasteiger partial charge < -0.3 is 21.1 Å². The molecular formula is C33H44N4O4S. The Balaban J connectivity index is 1.32. The fourth-order valence-electron chi connectivity index (χ4n) is 6.00. The molecule has 0 spiro atoms. The van der Waals surface area contributed by atoms with E-state index in [-0.39, 0.29) is 11.9 Å². The maximum absolute atomic E-state index is 13.7. The molecule has 5 rings (SSSR count). The molecule has 1 aliphatic carbocycles. The Labute approximate surface area is 251 Å². The number of carbonyl (C=O) groups is 1. The topological polar surface area (TPSA) is 117 Å². The molecule has 8 nitrogen and oxygen atoms in total. The van der Waals surface area contributed by atoms with Gasteiger partial charge in [0.1, 0.15) is 0 Å². The van der Waals surface area contributed by atoms with Crippen molar-refractivity contribution in [1.82, 2.24) is 10.6 Å². The predicted octanol–water partition coefficient (Wildman–Crippen LogP) is 5.23. The number of carbonyl (C=O) groups excluding carboxylic acids is 1. The smallest absolute Gasteiger partial charge is 0.251 e. The molecule has 226 valence electrons. The van der Waals surface area contributed by atoms with Crippen LogP contribution in [0.15, 0.2) is 72.8 Å². The molecule has 1 amide bonds. The highest BCUT2D eigenvalue weighted by Gasteiger charge is 2.29. The number of anilines is 2. The van der Waals surface area contributed by atoms with Crippen LogP contribution in [-0.2, 0) is 19.3 Å². The third-order valence-electron chi connectivity index (χ3n) is 8.27. The zero-order chi connectivity index (χ0) is 29.5. The first kappa shape index (κ1) is 30.4. The molecule has 0 bridgehead atoms. The quantitative estimate of drug-likeness (QED) is 0.181. The minimum absolute atomic E-state index is 0.270. The van der Waals surface area contributed by atoms with E-state index in [9.17, 15) is 19.0 Å². The molecule has 9 heteroatoms. The molecule has 1 aliphatic heterocycles. The first-order valence-electron chi connectivity index (χ1n) is 15.1. The highest BCUT2D eigenvalue weighted by Crippen LogP contribution is 2.50. The summed E-state index contributed by atoms with van der Waals surface area (Å²) in [5.41, 5.74) is 5.53. The van der Waals surface area contributed by atoms with Crippen molar-refractivity contribution in [2.45, 2.75) is 63.6 Å². The van der Waals surface area contributed by atoms with Crippen LogP contribution in [0.25, 0.3) is 0 Å². The zero-order valence-electron chi connectivity index (χ0n) is 24.3. The van der Waals surface area contributed by atoms with Gasteiger partial charge >= 0.3 is 0 Å². The second-order valence-corrected chi connectivity index (χ2v) is 13.5. The standard InChI is InChI=1S/C33H44N4O4S/c1-2-34-29-20-27(21-30(22-29)37-16-8-9-17-42(37,40)41)33(39)36-31(18-24-10-4-3-5-11-24)32(38)23-35-28-15-14-25-12-6-7-13-26(25)19-28/h3-7,10-13,20-22,28,31-32,34-35,38,40-41H,2,8-9,14-19,23H2,1H3,(H,36,39)/t28?,31-,32+/m0/s1. The lowest BCUT2D eigenvalue weighted by atomic mass is 9.88. The number of amides is 1. The van der Waals surface area contributed by atoms with E-state index in [0.29, 0.717) is 43.1 Å². The number of nitrogens with zero attached hydrogens (tertiary/aromatic N) is 1. The molecule has 42 heavy (non-hydrogen) atoms. The number of aliphatic hydroxyl groups excluding tert-OH is 1. The van der Waals surface area contributed by atoms with Gasteiger partial charge in [-0.15, -0.1) is 10.8 Å². The van der Waals surface area contributed by atoms with Gasteiger partial charge in [0.25, 0.3) is 5.91 Å². The largest absolute Gasteiger partial charge is 0.390 e. The Hall–Kier alpha value is -3.08.